The molecule has 1 fully saturated rings. The van der Waals surface area contributed by atoms with Crippen LogP contribution in [0, 0.1) is 5.92 Å². The highest BCUT2D eigenvalue weighted by molar-refractivity contribution is 7.85. The van der Waals surface area contributed by atoms with Gasteiger partial charge in [-0.3, -0.25) is 8.98 Å². The van der Waals surface area contributed by atoms with E-state index in [0.29, 0.717) is 18.4 Å². The fourth-order valence-corrected chi connectivity index (χ4v) is 3.26. The molecule has 0 unspecified atom stereocenters. The molecule has 1 aliphatic rings. The number of ether oxygens (including phenoxy) is 1. The van der Waals surface area contributed by atoms with Crippen LogP contribution in [0.4, 0.5) is 0 Å². The number of carbonyl (C=O) groups excluding carboxylic acids is 1. The first-order valence-corrected chi connectivity index (χ1v) is 7.60. The number of esters is 1. The van der Waals surface area contributed by atoms with E-state index < -0.39 is 16.2 Å². The van der Waals surface area contributed by atoms with Crippen molar-refractivity contribution in [3.8, 4) is 0 Å². The predicted molar refractivity (Wildman–Crippen MR) is 68.7 cm³/mol. The third kappa shape index (κ3) is 3.78. The zero-order valence-electron chi connectivity index (χ0n) is 10.6. The topological polar surface area (TPSA) is 69.7 Å². The van der Waals surface area contributed by atoms with Crippen LogP contribution < -0.4 is 0 Å². The molecule has 0 saturated heterocycles. The zero-order valence-corrected chi connectivity index (χ0v) is 11.4. The Labute approximate surface area is 112 Å². The van der Waals surface area contributed by atoms with Crippen LogP contribution in [0.5, 0.6) is 0 Å². The van der Waals surface area contributed by atoms with Gasteiger partial charge in [0.25, 0.3) is 10.1 Å². The lowest BCUT2D eigenvalue weighted by atomic mass is 9.83. The Hall–Kier alpha value is -1.40. The van der Waals surface area contributed by atoms with E-state index in [4.69, 9.17) is 4.18 Å². The number of benzene rings is 1. The van der Waals surface area contributed by atoms with Crippen LogP contribution in [-0.4, -0.2) is 27.6 Å². The van der Waals surface area contributed by atoms with Crippen molar-refractivity contribution >= 4 is 16.1 Å². The van der Waals surface area contributed by atoms with E-state index in [9.17, 15) is 13.2 Å². The van der Waals surface area contributed by atoms with Gasteiger partial charge in [0.15, 0.2) is 0 Å². The Morgan fingerprint density at radius 1 is 1.26 bits per heavy atom. The standard InChI is InChI=1S/C13H16O5S/c1-17-13(14)11-7-12(8-11)18-19(15,16)9-10-5-3-2-4-6-10/h2-6,11-12H,7-9H2,1H3. The Morgan fingerprint density at radius 3 is 2.47 bits per heavy atom. The van der Waals surface area contributed by atoms with Crippen molar-refractivity contribution in [3.63, 3.8) is 0 Å². The second-order valence-electron chi connectivity index (χ2n) is 4.60. The summed E-state index contributed by atoms with van der Waals surface area (Å²) in [6.45, 7) is 0. The average Bonchev–Trinajstić information content (AvgIpc) is 2.33. The van der Waals surface area contributed by atoms with Crippen molar-refractivity contribution < 1.29 is 22.1 Å². The van der Waals surface area contributed by atoms with E-state index in [0.717, 1.165) is 0 Å². The van der Waals surface area contributed by atoms with Crippen molar-refractivity contribution in [1.82, 2.24) is 0 Å². The van der Waals surface area contributed by atoms with E-state index in [1.165, 1.54) is 7.11 Å². The molecule has 0 N–H and O–H groups in total. The molecule has 19 heavy (non-hydrogen) atoms. The maximum atomic E-state index is 11.8. The normalized spacial score (nSPS) is 22.6. The minimum absolute atomic E-state index is 0.146. The van der Waals surface area contributed by atoms with Crippen molar-refractivity contribution in [2.75, 3.05) is 7.11 Å². The van der Waals surface area contributed by atoms with Gasteiger partial charge in [0.2, 0.25) is 0 Å². The van der Waals surface area contributed by atoms with Gasteiger partial charge < -0.3 is 4.74 Å². The highest BCUT2D eigenvalue weighted by Gasteiger charge is 2.38. The molecule has 0 heterocycles. The molecule has 0 radical (unpaired) electrons. The third-order valence-electron chi connectivity index (χ3n) is 3.10. The summed E-state index contributed by atoms with van der Waals surface area (Å²) in [5, 5.41) is 0. The Bertz CT molecular complexity index is 531. The Morgan fingerprint density at radius 2 is 1.89 bits per heavy atom. The van der Waals surface area contributed by atoms with E-state index >= 15 is 0 Å². The molecule has 0 aliphatic heterocycles. The van der Waals surface area contributed by atoms with Crippen LogP contribution in [0.1, 0.15) is 18.4 Å². The quantitative estimate of drug-likeness (QED) is 0.605. The van der Waals surface area contributed by atoms with Gasteiger partial charge in [-0.2, -0.15) is 8.42 Å². The summed E-state index contributed by atoms with van der Waals surface area (Å²) in [5.74, 6) is -0.685. The number of rotatable bonds is 5. The maximum absolute atomic E-state index is 11.8. The maximum Gasteiger partial charge on any atom is 0.308 e. The summed E-state index contributed by atoms with van der Waals surface area (Å²) < 4.78 is 33.3. The van der Waals surface area contributed by atoms with E-state index in [2.05, 4.69) is 4.74 Å². The SMILES string of the molecule is COC(=O)C1CC(OS(=O)(=O)Cc2ccccc2)C1. The van der Waals surface area contributed by atoms with Gasteiger partial charge in [0.05, 0.1) is 19.1 Å². The second-order valence-corrected chi connectivity index (χ2v) is 6.19. The first-order chi connectivity index (χ1) is 9.00. The molecule has 0 aromatic heterocycles. The highest BCUT2D eigenvalue weighted by atomic mass is 32.2. The largest absolute Gasteiger partial charge is 0.469 e. The fraction of sp³-hybridized carbons (Fsp3) is 0.462. The summed E-state index contributed by atoms with van der Waals surface area (Å²) >= 11 is 0. The van der Waals surface area contributed by atoms with Crippen LogP contribution in [0.15, 0.2) is 30.3 Å². The van der Waals surface area contributed by atoms with Crippen molar-refractivity contribution in [3.05, 3.63) is 35.9 Å². The van der Waals surface area contributed by atoms with Gasteiger partial charge in [0, 0.05) is 0 Å². The number of methoxy groups -OCH3 is 1. The van der Waals surface area contributed by atoms with E-state index in [1.807, 2.05) is 6.07 Å². The molecule has 0 spiro atoms. The molecular formula is C13H16O5S. The van der Waals surface area contributed by atoms with Gasteiger partial charge in [-0.15, -0.1) is 0 Å². The molecule has 2 rings (SSSR count). The molecular weight excluding hydrogens is 268 g/mol. The van der Waals surface area contributed by atoms with Crippen LogP contribution in [0.2, 0.25) is 0 Å². The number of carbonyl (C=O) groups is 1. The molecule has 0 amide bonds. The summed E-state index contributed by atoms with van der Waals surface area (Å²) in [5.41, 5.74) is 0.686. The summed E-state index contributed by atoms with van der Waals surface area (Å²) in [6.07, 6.45) is 0.402. The van der Waals surface area contributed by atoms with Gasteiger partial charge in [0.1, 0.15) is 5.75 Å². The van der Waals surface area contributed by atoms with Gasteiger partial charge in [-0.1, -0.05) is 30.3 Å². The predicted octanol–water partition coefficient (Wildman–Crippen LogP) is 1.48. The van der Waals surface area contributed by atoms with Crippen LogP contribution in [0.3, 0.4) is 0 Å². The summed E-state index contributed by atoms with van der Waals surface area (Å²) in [6, 6.07) is 8.85. The molecule has 0 bridgehead atoms. The zero-order chi connectivity index (χ0) is 13.9. The first-order valence-electron chi connectivity index (χ1n) is 6.03. The minimum atomic E-state index is -3.60. The van der Waals surface area contributed by atoms with Crippen molar-refractivity contribution in [2.45, 2.75) is 24.7 Å². The lowest BCUT2D eigenvalue weighted by molar-refractivity contribution is -0.151. The number of hydrogen-bond donors (Lipinski definition) is 0. The molecule has 1 aromatic rings. The van der Waals surface area contributed by atoms with Gasteiger partial charge in [-0.05, 0) is 18.4 Å². The number of hydrogen-bond acceptors (Lipinski definition) is 5. The van der Waals surface area contributed by atoms with Crippen molar-refractivity contribution in [1.29, 1.82) is 0 Å². The Kier molecular flexibility index (Phi) is 4.21. The van der Waals surface area contributed by atoms with Crippen LogP contribution in [0.25, 0.3) is 0 Å². The second kappa shape index (κ2) is 5.71. The lowest BCUT2D eigenvalue weighted by Crippen LogP contribution is -2.38. The monoisotopic (exact) mass is 284 g/mol. The van der Waals surface area contributed by atoms with E-state index in [1.54, 1.807) is 24.3 Å². The molecule has 6 heteroatoms. The summed E-state index contributed by atoms with van der Waals surface area (Å²) in [7, 11) is -2.28. The average molecular weight is 284 g/mol. The molecule has 1 aliphatic carbocycles. The van der Waals surface area contributed by atoms with E-state index in [-0.39, 0.29) is 17.6 Å². The first kappa shape index (κ1) is 14.0. The molecule has 0 atom stereocenters. The van der Waals surface area contributed by atoms with Crippen LogP contribution in [-0.2, 0) is 29.6 Å². The molecule has 1 aromatic carbocycles. The molecule has 104 valence electrons. The smallest absolute Gasteiger partial charge is 0.308 e. The third-order valence-corrected chi connectivity index (χ3v) is 4.35. The highest BCUT2D eigenvalue weighted by Crippen LogP contribution is 2.32. The van der Waals surface area contributed by atoms with Crippen LogP contribution >= 0.6 is 0 Å². The lowest BCUT2D eigenvalue weighted by Gasteiger charge is -2.32. The minimum Gasteiger partial charge on any atom is -0.469 e. The van der Waals surface area contributed by atoms with Gasteiger partial charge >= 0.3 is 5.97 Å². The molecule has 5 nitrogen and oxygen atoms in total. The van der Waals surface area contributed by atoms with Crippen molar-refractivity contribution in [2.24, 2.45) is 5.92 Å². The fourth-order valence-electron chi connectivity index (χ4n) is 2.02. The Balaban J connectivity index is 1.85. The summed E-state index contributed by atoms with van der Waals surface area (Å²) in [4.78, 5) is 11.2. The van der Waals surface area contributed by atoms with Gasteiger partial charge in [-0.25, -0.2) is 0 Å². The molecule has 1 saturated carbocycles.